The first-order valence-electron chi connectivity index (χ1n) is 5.13. The lowest BCUT2D eigenvalue weighted by Gasteiger charge is -2.09. The third kappa shape index (κ3) is 2.57. The van der Waals surface area contributed by atoms with Gasteiger partial charge in [-0.25, -0.2) is 4.98 Å². The summed E-state index contributed by atoms with van der Waals surface area (Å²) in [4.78, 5) is 17.1. The van der Waals surface area contributed by atoms with Gasteiger partial charge in [0, 0.05) is 13.1 Å². The van der Waals surface area contributed by atoms with Crippen LogP contribution in [0.4, 0.5) is 19.0 Å². The standard InChI is InChI=1S/C10H6ClF3N4O2/c1-5-16-8(18(19)20)4-17(5)9-7(11)2-6(3-15-9)10(12,13)14/h2-4H,1H3. The minimum atomic E-state index is -4.56. The summed E-state index contributed by atoms with van der Waals surface area (Å²) in [5, 5.41) is 10.3. The molecule has 0 aliphatic carbocycles. The summed E-state index contributed by atoms with van der Waals surface area (Å²) in [6, 6.07) is 0.704. The Morgan fingerprint density at radius 2 is 2.10 bits per heavy atom. The second-order valence-electron chi connectivity index (χ2n) is 3.80. The number of hydrogen-bond donors (Lipinski definition) is 0. The minimum Gasteiger partial charge on any atom is -0.358 e. The Bertz CT molecular complexity index is 684. The van der Waals surface area contributed by atoms with Gasteiger partial charge in [-0.05, 0) is 16.0 Å². The largest absolute Gasteiger partial charge is 0.417 e. The fourth-order valence-corrected chi connectivity index (χ4v) is 1.78. The number of imidazole rings is 1. The molecule has 0 radical (unpaired) electrons. The molecule has 0 unspecified atom stereocenters. The van der Waals surface area contributed by atoms with E-state index in [2.05, 4.69) is 9.97 Å². The van der Waals surface area contributed by atoms with Gasteiger partial charge in [0.25, 0.3) is 0 Å². The van der Waals surface area contributed by atoms with Crippen molar-refractivity contribution in [1.29, 1.82) is 0 Å². The summed E-state index contributed by atoms with van der Waals surface area (Å²) in [6.45, 7) is 1.45. The fourth-order valence-electron chi connectivity index (χ4n) is 1.52. The van der Waals surface area contributed by atoms with E-state index in [-0.39, 0.29) is 16.7 Å². The molecule has 0 saturated carbocycles. The van der Waals surface area contributed by atoms with Crippen molar-refractivity contribution in [3.8, 4) is 5.82 Å². The van der Waals surface area contributed by atoms with Gasteiger partial charge >= 0.3 is 12.0 Å². The van der Waals surface area contributed by atoms with Crippen molar-refractivity contribution < 1.29 is 18.1 Å². The molecule has 2 rings (SSSR count). The number of nitrogens with zero attached hydrogens (tertiary/aromatic N) is 4. The normalized spacial score (nSPS) is 11.7. The molecule has 0 aromatic carbocycles. The Hall–Kier alpha value is -2.16. The average molecular weight is 307 g/mol. The summed E-state index contributed by atoms with van der Waals surface area (Å²) in [5.74, 6) is -0.316. The fraction of sp³-hybridized carbons (Fsp3) is 0.200. The predicted molar refractivity (Wildman–Crippen MR) is 62.8 cm³/mol. The second kappa shape index (κ2) is 4.75. The van der Waals surface area contributed by atoms with E-state index in [1.807, 2.05) is 0 Å². The van der Waals surface area contributed by atoms with Crippen molar-refractivity contribution in [2.45, 2.75) is 13.1 Å². The maximum Gasteiger partial charge on any atom is 0.417 e. The topological polar surface area (TPSA) is 73.8 Å². The molecule has 2 heterocycles. The van der Waals surface area contributed by atoms with Crippen molar-refractivity contribution in [3.05, 3.63) is 45.0 Å². The van der Waals surface area contributed by atoms with E-state index >= 15 is 0 Å². The van der Waals surface area contributed by atoms with Crippen LogP contribution in [-0.2, 0) is 6.18 Å². The van der Waals surface area contributed by atoms with Gasteiger partial charge in [-0.15, -0.1) is 0 Å². The van der Waals surface area contributed by atoms with Crippen LogP contribution < -0.4 is 0 Å². The lowest BCUT2D eigenvalue weighted by atomic mass is 10.3. The molecule has 0 N–H and O–H groups in total. The SMILES string of the molecule is Cc1nc([N+](=O)[O-])cn1-c1ncc(C(F)(F)F)cc1Cl. The van der Waals surface area contributed by atoms with E-state index < -0.39 is 22.5 Å². The zero-order valence-corrected chi connectivity index (χ0v) is 10.6. The van der Waals surface area contributed by atoms with Gasteiger partial charge in [0.1, 0.15) is 6.20 Å². The highest BCUT2D eigenvalue weighted by molar-refractivity contribution is 6.32. The zero-order valence-electron chi connectivity index (χ0n) is 9.85. The molecule has 6 nitrogen and oxygen atoms in total. The third-order valence-electron chi connectivity index (χ3n) is 2.43. The third-order valence-corrected chi connectivity index (χ3v) is 2.71. The summed E-state index contributed by atoms with van der Waals surface area (Å²) < 4.78 is 38.6. The molecule has 0 saturated heterocycles. The van der Waals surface area contributed by atoms with Crippen molar-refractivity contribution in [2.75, 3.05) is 0 Å². The molecule has 0 amide bonds. The van der Waals surface area contributed by atoms with Crippen molar-refractivity contribution >= 4 is 17.4 Å². The summed E-state index contributed by atoms with van der Waals surface area (Å²) in [5.41, 5.74) is -1.00. The maximum absolute atomic E-state index is 12.5. The summed E-state index contributed by atoms with van der Waals surface area (Å²) in [6.07, 6.45) is -2.92. The van der Waals surface area contributed by atoms with E-state index in [0.29, 0.717) is 12.3 Å². The Kier molecular flexibility index (Phi) is 3.38. The number of pyridine rings is 1. The van der Waals surface area contributed by atoms with Gasteiger partial charge in [0.05, 0.1) is 10.6 Å². The molecule has 0 atom stereocenters. The molecule has 0 fully saturated rings. The van der Waals surface area contributed by atoms with Crippen LogP contribution in [0.2, 0.25) is 5.02 Å². The minimum absolute atomic E-state index is 0.0576. The molecule has 0 aliphatic rings. The number of halogens is 4. The molecule has 106 valence electrons. The van der Waals surface area contributed by atoms with E-state index in [4.69, 9.17) is 11.6 Å². The molecule has 20 heavy (non-hydrogen) atoms. The van der Waals surface area contributed by atoms with Gasteiger partial charge < -0.3 is 10.1 Å². The van der Waals surface area contributed by atoms with Crippen LogP contribution in [0.1, 0.15) is 11.4 Å². The van der Waals surface area contributed by atoms with Gasteiger partial charge in [0.15, 0.2) is 5.82 Å². The monoisotopic (exact) mass is 306 g/mol. The highest BCUT2D eigenvalue weighted by Gasteiger charge is 2.32. The highest BCUT2D eigenvalue weighted by atomic mass is 35.5. The van der Waals surface area contributed by atoms with Crippen LogP contribution in [0, 0.1) is 17.0 Å². The predicted octanol–water partition coefficient (Wildman–Crippen LogP) is 3.16. The van der Waals surface area contributed by atoms with Gasteiger partial charge in [-0.2, -0.15) is 13.2 Å². The average Bonchev–Trinajstić information content (AvgIpc) is 2.70. The van der Waals surface area contributed by atoms with Crippen molar-refractivity contribution in [1.82, 2.24) is 14.5 Å². The molecular formula is C10H6ClF3N4O2. The van der Waals surface area contributed by atoms with E-state index in [1.54, 1.807) is 0 Å². The first-order chi connectivity index (χ1) is 9.20. The number of alkyl halides is 3. The quantitative estimate of drug-likeness (QED) is 0.631. The van der Waals surface area contributed by atoms with Crippen molar-refractivity contribution in [2.24, 2.45) is 0 Å². The van der Waals surface area contributed by atoms with Crippen LogP contribution in [-0.4, -0.2) is 19.5 Å². The second-order valence-corrected chi connectivity index (χ2v) is 4.21. The molecule has 0 bridgehead atoms. The van der Waals surface area contributed by atoms with Crippen LogP contribution >= 0.6 is 11.6 Å². The van der Waals surface area contributed by atoms with E-state index in [1.165, 1.54) is 6.92 Å². The van der Waals surface area contributed by atoms with Crippen LogP contribution in [0.25, 0.3) is 5.82 Å². The smallest absolute Gasteiger partial charge is 0.358 e. The first kappa shape index (κ1) is 14.3. The molecule has 0 spiro atoms. The first-order valence-corrected chi connectivity index (χ1v) is 5.51. The molecule has 10 heteroatoms. The lowest BCUT2D eigenvalue weighted by molar-refractivity contribution is -0.389. The highest BCUT2D eigenvalue weighted by Crippen LogP contribution is 2.32. The Labute approximate surface area is 115 Å². The summed E-state index contributed by atoms with van der Waals surface area (Å²) in [7, 11) is 0. The van der Waals surface area contributed by atoms with Gasteiger partial charge in [-0.3, -0.25) is 4.57 Å². The van der Waals surface area contributed by atoms with Crippen molar-refractivity contribution in [3.63, 3.8) is 0 Å². The van der Waals surface area contributed by atoms with E-state index in [0.717, 1.165) is 10.8 Å². The van der Waals surface area contributed by atoms with E-state index in [9.17, 15) is 23.3 Å². The molecule has 2 aromatic heterocycles. The maximum atomic E-state index is 12.5. The Morgan fingerprint density at radius 1 is 1.45 bits per heavy atom. The van der Waals surface area contributed by atoms with Crippen LogP contribution in [0.3, 0.4) is 0 Å². The zero-order chi connectivity index (χ0) is 15.1. The number of hydrogen-bond acceptors (Lipinski definition) is 4. The van der Waals surface area contributed by atoms with Crippen LogP contribution in [0.15, 0.2) is 18.5 Å². The van der Waals surface area contributed by atoms with Gasteiger partial charge in [-0.1, -0.05) is 11.6 Å². The van der Waals surface area contributed by atoms with Gasteiger partial charge in [0.2, 0.25) is 5.82 Å². The Balaban J connectivity index is 2.51. The number of nitro groups is 1. The van der Waals surface area contributed by atoms with Crippen LogP contribution in [0.5, 0.6) is 0 Å². The number of rotatable bonds is 2. The molecule has 2 aromatic rings. The number of aromatic nitrogens is 3. The summed E-state index contributed by atoms with van der Waals surface area (Å²) >= 11 is 5.75. The number of aryl methyl sites for hydroxylation is 1. The molecular weight excluding hydrogens is 301 g/mol. The Morgan fingerprint density at radius 3 is 2.55 bits per heavy atom. The lowest BCUT2D eigenvalue weighted by Crippen LogP contribution is -2.08. The molecule has 0 aliphatic heterocycles.